The third-order valence-electron chi connectivity index (χ3n) is 3.63. The highest BCUT2D eigenvalue weighted by Gasteiger charge is 2.22. The Hall–Kier alpha value is -0.170. The second-order valence-corrected chi connectivity index (χ2v) is 7.25. The normalized spacial score (nSPS) is 18.8. The Morgan fingerprint density at radius 2 is 1.63 bits per heavy atom. The number of nitrogens with one attached hydrogen (secondary N) is 1. The summed E-state index contributed by atoms with van der Waals surface area (Å²) in [7, 11) is -2.99. The van der Waals surface area contributed by atoms with Gasteiger partial charge < -0.3 is 10.2 Å². The lowest BCUT2D eigenvalue weighted by Crippen LogP contribution is -2.48. The average molecular weight is 291 g/mol. The lowest BCUT2D eigenvalue weighted by molar-refractivity contribution is 0.186. The highest BCUT2D eigenvalue weighted by Crippen LogP contribution is 2.08. The molecule has 0 amide bonds. The summed E-state index contributed by atoms with van der Waals surface area (Å²) in [6.07, 6.45) is 6.35. The van der Waals surface area contributed by atoms with Crippen molar-refractivity contribution in [3.63, 3.8) is 0 Å². The topological polar surface area (TPSA) is 52.6 Å². The van der Waals surface area contributed by atoms with E-state index in [1.807, 2.05) is 0 Å². The minimum Gasteiger partial charge on any atom is -0.317 e. The lowest BCUT2D eigenvalue weighted by Gasteiger charge is -2.33. The van der Waals surface area contributed by atoms with Crippen molar-refractivity contribution < 1.29 is 8.42 Å². The van der Waals surface area contributed by atoms with Crippen molar-refractivity contribution in [2.45, 2.75) is 32.6 Å². The fourth-order valence-corrected chi connectivity index (χ4v) is 3.23. The number of piperazine rings is 1. The number of hydrogen-bond donors (Lipinski definition) is 1. The van der Waals surface area contributed by atoms with Crippen LogP contribution in [0.4, 0.5) is 0 Å². The van der Waals surface area contributed by atoms with E-state index in [9.17, 15) is 8.42 Å². The molecule has 1 aliphatic heterocycles. The van der Waals surface area contributed by atoms with E-state index in [1.165, 1.54) is 31.9 Å². The molecule has 0 radical (unpaired) electrons. The molecule has 1 saturated heterocycles. The number of unbranched alkanes of at least 4 members (excludes halogenated alkanes) is 3. The summed E-state index contributed by atoms with van der Waals surface area (Å²) in [6.45, 7) is 8.50. The molecule has 1 aliphatic rings. The van der Waals surface area contributed by atoms with Crippen LogP contribution in [0.3, 0.4) is 0 Å². The van der Waals surface area contributed by atoms with Crippen molar-refractivity contribution >= 4 is 10.0 Å². The fourth-order valence-electron chi connectivity index (χ4n) is 2.40. The highest BCUT2D eigenvalue weighted by atomic mass is 32.2. The van der Waals surface area contributed by atoms with Crippen molar-refractivity contribution in [1.29, 1.82) is 0 Å². The molecule has 1 rings (SSSR count). The molecule has 1 N–H and O–H groups in total. The minimum absolute atomic E-state index is 0.652. The predicted molar refractivity (Wildman–Crippen MR) is 79.9 cm³/mol. The van der Waals surface area contributed by atoms with Gasteiger partial charge in [-0.3, -0.25) is 0 Å². The van der Waals surface area contributed by atoms with Gasteiger partial charge in [0.15, 0.2) is 0 Å². The number of nitrogens with zero attached hydrogens (tertiary/aromatic N) is 2. The van der Waals surface area contributed by atoms with E-state index in [0.29, 0.717) is 13.1 Å². The van der Waals surface area contributed by atoms with Crippen molar-refractivity contribution in [2.75, 3.05) is 52.1 Å². The summed E-state index contributed by atoms with van der Waals surface area (Å²) >= 11 is 0. The highest BCUT2D eigenvalue weighted by molar-refractivity contribution is 7.88. The molecule has 6 heteroatoms. The third-order valence-corrected chi connectivity index (χ3v) is 4.93. The molecule has 114 valence electrons. The SMILES string of the molecule is CCNCCCCCCN1CCN(S(C)(=O)=O)CC1. The Morgan fingerprint density at radius 1 is 1.00 bits per heavy atom. The summed E-state index contributed by atoms with van der Waals surface area (Å²) in [5.41, 5.74) is 0. The zero-order valence-corrected chi connectivity index (χ0v) is 13.2. The van der Waals surface area contributed by atoms with Crippen LogP contribution in [-0.4, -0.2) is 69.7 Å². The monoisotopic (exact) mass is 291 g/mol. The molecule has 0 bridgehead atoms. The molecule has 1 fully saturated rings. The van der Waals surface area contributed by atoms with E-state index in [-0.39, 0.29) is 0 Å². The maximum Gasteiger partial charge on any atom is 0.211 e. The van der Waals surface area contributed by atoms with Crippen LogP contribution < -0.4 is 5.32 Å². The zero-order valence-electron chi connectivity index (χ0n) is 12.4. The molecule has 1 heterocycles. The fraction of sp³-hybridized carbons (Fsp3) is 1.00. The number of sulfonamides is 1. The van der Waals surface area contributed by atoms with Gasteiger partial charge in [-0.15, -0.1) is 0 Å². The van der Waals surface area contributed by atoms with Crippen LogP contribution in [0.5, 0.6) is 0 Å². The first kappa shape index (κ1) is 16.9. The van der Waals surface area contributed by atoms with E-state index < -0.39 is 10.0 Å². The quantitative estimate of drug-likeness (QED) is 0.637. The maximum atomic E-state index is 11.4. The Morgan fingerprint density at radius 3 is 2.21 bits per heavy atom. The van der Waals surface area contributed by atoms with Gasteiger partial charge >= 0.3 is 0 Å². The molecule has 0 unspecified atom stereocenters. The molecular weight excluding hydrogens is 262 g/mol. The molecule has 0 atom stereocenters. The first-order chi connectivity index (χ1) is 9.04. The van der Waals surface area contributed by atoms with Crippen molar-refractivity contribution in [1.82, 2.24) is 14.5 Å². The summed E-state index contributed by atoms with van der Waals surface area (Å²) in [5.74, 6) is 0. The Kier molecular flexibility index (Phi) is 7.90. The number of hydrogen-bond acceptors (Lipinski definition) is 4. The zero-order chi connectivity index (χ0) is 14.1. The summed E-state index contributed by atoms with van der Waals surface area (Å²) < 4.78 is 24.3. The van der Waals surface area contributed by atoms with Gasteiger partial charge in [-0.2, -0.15) is 4.31 Å². The molecule has 0 aromatic rings. The Balaban J connectivity index is 2.01. The van der Waals surface area contributed by atoms with Gasteiger partial charge in [-0.1, -0.05) is 19.8 Å². The van der Waals surface area contributed by atoms with Gasteiger partial charge in [0.1, 0.15) is 0 Å². The van der Waals surface area contributed by atoms with Gasteiger partial charge in [0.25, 0.3) is 0 Å². The average Bonchev–Trinajstić information content (AvgIpc) is 2.37. The molecule has 0 aliphatic carbocycles. The largest absolute Gasteiger partial charge is 0.317 e. The van der Waals surface area contributed by atoms with Gasteiger partial charge in [0, 0.05) is 26.2 Å². The summed E-state index contributed by atoms with van der Waals surface area (Å²) in [5, 5.41) is 3.33. The summed E-state index contributed by atoms with van der Waals surface area (Å²) in [4.78, 5) is 2.38. The van der Waals surface area contributed by atoms with Gasteiger partial charge in [0.05, 0.1) is 6.26 Å². The van der Waals surface area contributed by atoms with Gasteiger partial charge in [-0.25, -0.2) is 8.42 Å². The molecule has 0 saturated carbocycles. The van der Waals surface area contributed by atoms with E-state index in [4.69, 9.17) is 0 Å². The Labute approximate surface area is 118 Å². The molecular formula is C13H29N3O2S. The van der Waals surface area contributed by atoms with Crippen LogP contribution in [0.15, 0.2) is 0 Å². The second kappa shape index (κ2) is 8.89. The van der Waals surface area contributed by atoms with E-state index >= 15 is 0 Å². The lowest BCUT2D eigenvalue weighted by atomic mass is 10.2. The van der Waals surface area contributed by atoms with Crippen LogP contribution in [-0.2, 0) is 10.0 Å². The number of rotatable bonds is 9. The van der Waals surface area contributed by atoms with Crippen LogP contribution in [0.1, 0.15) is 32.6 Å². The van der Waals surface area contributed by atoms with E-state index in [0.717, 1.165) is 32.7 Å². The van der Waals surface area contributed by atoms with Crippen LogP contribution in [0.25, 0.3) is 0 Å². The van der Waals surface area contributed by atoms with Crippen LogP contribution >= 0.6 is 0 Å². The van der Waals surface area contributed by atoms with E-state index in [2.05, 4.69) is 17.1 Å². The second-order valence-electron chi connectivity index (χ2n) is 5.27. The molecule has 0 aromatic carbocycles. The van der Waals surface area contributed by atoms with Gasteiger partial charge in [-0.05, 0) is 32.5 Å². The molecule has 0 aromatic heterocycles. The van der Waals surface area contributed by atoms with Crippen LogP contribution in [0, 0.1) is 0 Å². The standard InChI is InChI=1S/C13H29N3O2S/c1-3-14-8-6-4-5-7-9-15-10-12-16(13-11-15)19(2,17)18/h14H,3-13H2,1-2H3. The third kappa shape index (κ3) is 7.25. The van der Waals surface area contributed by atoms with Gasteiger partial charge in [0.2, 0.25) is 10.0 Å². The maximum absolute atomic E-state index is 11.4. The molecule has 19 heavy (non-hydrogen) atoms. The predicted octanol–water partition coefficient (Wildman–Crippen LogP) is 0.734. The van der Waals surface area contributed by atoms with Crippen molar-refractivity contribution in [3.8, 4) is 0 Å². The minimum atomic E-state index is -2.99. The first-order valence-electron chi connectivity index (χ1n) is 7.42. The van der Waals surface area contributed by atoms with Crippen LogP contribution in [0.2, 0.25) is 0 Å². The molecule has 0 spiro atoms. The molecule has 5 nitrogen and oxygen atoms in total. The van der Waals surface area contributed by atoms with E-state index in [1.54, 1.807) is 4.31 Å². The van der Waals surface area contributed by atoms with Crippen molar-refractivity contribution in [3.05, 3.63) is 0 Å². The Bertz CT molecular complexity index is 325. The summed E-state index contributed by atoms with van der Waals surface area (Å²) in [6, 6.07) is 0. The van der Waals surface area contributed by atoms with Crippen molar-refractivity contribution in [2.24, 2.45) is 0 Å². The first-order valence-corrected chi connectivity index (χ1v) is 9.27. The smallest absolute Gasteiger partial charge is 0.211 e.